The first-order valence-electron chi connectivity index (χ1n) is 18.8. The second-order valence-electron chi connectivity index (χ2n) is 15.1. The first-order valence-corrected chi connectivity index (χ1v) is 20.8. The minimum absolute atomic E-state index is 0.0993. The third kappa shape index (κ3) is 8.64. The van der Waals surface area contributed by atoms with Crippen molar-refractivity contribution in [3.8, 4) is 22.3 Å². The summed E-state index contributed by atoms with van der Waals surface area (Å²) in [5.74, 6) is -0.199. The molecule has 0 aromatic heterocycles. The molecule has 304 valence electrons. The third-order valence-electron chi connectivity index (χ3n) is 11.1. The molecule has 2 aliphatic rings. The molecule has 0 fully saturated rings. The quantitative estimate of drug-likeness (QED) is 0.110. The lowest BCUT2D eigenvalue weighted by Crippen LogP contribution is -2.11. The van der Waals surface area contributed by atoms with Crippen LogP contribution in [0.5, 0.6) is 0 Å². The average Bonchev–Trinajstić information content (AvgIpc) is 3.63. The van der Waals surface area contributed by atoms with Crippen molar-refractivity contribution in [2.45, 2.75) is 102 Å². The lowest BCUT2D eigenvalue weighted by atomic mass is 9.88. The van der Waals surface area contributed by atoms with E-state index in [1.807, 2.05) is 38.1 Å². The lowest BCUT2D eigenvalue weighted by molar-refractivity contribution is -0.144. The van der Waals surface area contributed by atoms with Crippen LogP contribution in [0, 0.1) is 13.8 Å². The molecule has 0 amide bonds. The lowest BCUT2D eigenvalue weighted by Gasteiger charge is -2.22. The smallest absolute Gasteiger partial charge is 0.166 e. The van der Waals surface area contributed by atoms with Crippen LogP contribution in [0.2, 0.25) is 12.1 Å². The van der Waals surface area contributed by atoms with E-state index >= 15 is 0 Å². The third-order valence-corrected chi connectivity index (χ3v) is 13.1. The topological polar surface area (TPSA) is 0 Å². The highest BCUT2D eigenvalue weighted by molar-refractivity contribution is 6.36. The van der Waals surface area contributed by atoms with Crippen LogP contribution >= 0.6 is 0 Å². The Morgan fingerprint density at radius 2 is 0.789 bits per heavy atom. The molecule has 0 aliphatic heterocycles. The molecule has 0 bridgehead atoms. The van der Waals surface area contributed by atoms with Gasteiger partial charge in [0.15, 0.2) is 0 Å². The minimum atomic E-state index is -5.00. The van der Waals surface area contributed by atoms with Crippen molar-refractivity contribution < 1.29 is 52.7 Å². The van der Waals surface area contributed by atoms with E-state index in [-0.39, 0.29) is 35.1 Å². The van der Waals surface area contributed by atoms with Crippen molar-refractivity contribution in [2.75, 3.05) is 0 Å². The van der Waals surface area contributed by atoms with Gasteiger partial charge in [0.25, 0.3) is 0 Å². The van der Waals surface area contributed by atoms with E-state index in [1.165, 1.54) is 0 Å². The number of aryl methyl sites for hydroxylation is 2. The minimum Gasteiger partial charge on any atom is -0.166 e. The van der Waals surface area contributed by atoms with E-state index in [1.54, 1.807) is 26.0 Å². The number of rotatable bonds is 10. The van der Waals surface area contributed by atoms with Gasteiger partial charge in [0.2, 0.25) is 0 Å². The Hall–Kier alpha value is -4.26. The zero-order valence-corrected chi connectivity index (χ0v) is 33.0. The van der Waals surface area contributed by atoms with E-state index in [2.05, 4.69) is 0 Å². The maximum atomic E-state index is 13.9. The van der Waals surface area contributed by atoms with Crippen molar-refractivity contribution >= 4 is 21.7 Å². The Labute approximate surface area is 325 Å². The molecule has 6 rings (SSSR count). The molecule has 0 nitrogen and oxygen atoms in total. The van der Waals surface area contributed by atoms with Crippen molar-refractivity contribution in [3.63, 3.8) is 0 Å². The van der Waals surface area contributed by atoms with Crippen LogP contribution in [0.25, 0.3) is 34.4 Å². The first kappa shape index (κ1) is 42.3. The van der Waals surface area contributed by atoms with Gasteiger partial charge in [-0.3, -0.25) is 0 Å². The number of benzene rings is 4. The Morgan fingerprint density at radius 3 is 1.07 bits per heavy atom. The van der Waals surface area contributed by atoms with Crippen LogP contribution in [0.15, 0.2) is 71.8 Å². The number of hydrogen-bond acceptors (Lipinski definition) is 0. The van der Waals surface area contributed by atoms with Crippen molar-refractivity contribution in [3.05, 3.63) is 127 Å². The zero-order valence-electron chi connectivity index (χ0n) is 31.6. The fraction of sp³-hybridized carbons (Fsp3) is 0.364. The molecule has 0 heterocycles. The van der Waals surface area contributed by atoms with Gasteiger partial charge in [-0.15, -0.1) is 0 Å². The highest BCUT2D eigenvalue weighted by Gasteiger charge is 2.40. The maximum Gasteiger partial charge on any atom is 0.416 e. The molecule has 0 saturated heterocycles. The van der Waals surface area contributed by atoms with E-state index in [0.29, 0.717) is 46.2 Å². The van der Waals surface area contributed by atoms with Crippen molar-refractivity contribution in [1.82, 2.24) is 0 Å². The van der Waals surface area contributed by atoms with Crippen molar-refractivity contribution in [1.29, 1.82) is 0 Å². The van der Waals surface area contributed by atoms with Crippen LogP contribution in [-0.2, 0) is 24.7 Å². The molecule has 0 spiro atoms. The molecule has 0 radical (unpaired) electrons. The summed E-state index contributed by atoms with van der Waals surface area (Å²) in [5, 5.41) is 0. The summed E-state index contributed by atoms with van der Waals surface area (Å²) in [5.41, 5.74) is 0.873. The number of hydrogen-bond donors (Lipinski definition) is 0. The molecular weight excluding hydrogens is 785 g/mol. The summed E-state index contributed by atoms with van der Waals surface area (Å²) in [4.78, 5) is 0. The van der Waals surface area contributed by atoms with Crippen LogP contribution in [0.3, 0.4) is 0 Å². The predicted molar refractivity (Wildman–Crippen MR) is 203 cm³/mol. The largest absolute Gasteiger partial charge is 0.416 e. The van der Waals surface area contributed by atoms with Crippen molar-refractivity contribution in [2.24, 2.45) is 0 Å². The molecule has 2 atom stereocenters. The van der Waals surface area contributed by atoms with Crippen LogP contribution in [0.4, 0.5) is 52.7 Å². The second-order valence-corrected chi connectivity index (χ2v) is 16.9. The van der Waals surface area contributed by atoms with Gasteiger partial charge in [-0.25, -0.2) is 0 Å². The van der Waals surface area contributed by atoms with E-state index in [4.69, 9.17) is 0 Å². The van der Waals surface area contributed by atoms with E-state index in [9.17, 15) is 52.7 Å². The number of halogens is 12. The summed E-state index contributed by atoms with van der Waals surface area (Å²) in [6.07, 6.45) is -13.3. The van der Waals surface area contributed by atoms with Gasteiger partial charge in [-0.1, -0.05) is 86.3 Å². The molecule has 4 aromatic rings. The first-order chi connectivity index (χ1) is 26.5. The molecule has 0 N–H and O–H groups in total. The molecule has 2 aliphatic carbocycles. The monoisotopic (exact) mass is 824 g/mol. The molecule has 13 heteroatoms. The normalized spacial score (nSPS) is 17.3. The standard InChI is InChI=1S/C44H40F12Si/c1-5-7-25-17-35-33(11-9-23(3)39(35)27-13-29(41(45,46)47)19-30(14-27)42(48,49)50)37(25)21-57-22-38-26(8-6-2)18-36-34(38)12-10-24(4)40(36)28-15-31(43(51,52)53)20-32(16-28)44(54,55)56/h9-20,37-38H,5-8,21-22,57H2,1-4H3. The van der Waals surface area contributed by atoms with Gasteiger partial charge >= 0.3 is 24.7 Å². The van der Waals surface area contributed by atoms with E-state index in [0.717, 1.165) is 71.5 Å². The molecule has 57 heavy (non-hydrogen) atoms. The molecule has 4 aromatic carbocycles. The number of allylic oxidation sites excluding steroid dienone is 2. The Kier molecular flexibility index (Phi) is 11.5. The van der Waals surface area contributed by atoms with Crippen LogP contribution in [-0.4, -0.2) is 9.52 Å². The predicted octanol–water partition coefficient (Wildman–Crippen LogP) is 15.0. The molecular formula is C44H40F12Si. The number of fused-ring (bicyclic) bond motifs is 2. The summed E-state index contributed by atoms with van der Waals surface area (Å²) in [7, 11) is -0.971. The Morgan fingerprint density at radius 1 is 0.474 bits per heavy atom. The van der Waals surface area contributed by atoms with Crippen LogP contribution < -0.4 is 0 Å². The highest BCUT2D eigenvalue weighted by atomic mass is 28.2. The van der Waals surface area contributed by atoms with Gasteiger partial charge < -0.3 is 0 Å². The van der Waals surface area contributed by atoms with E-state index < -0.39 is 56.5 Å². The zero-order chi connectivity index (χ0) is 41.8. The molecule has 0 saturated carbocycles. The summed E-state index contributed by atoms with van der Waals surface area (Å²) < 4.78 is 166. The summed E-state index contributed by atoms with van der Waals surface area (Å²) in [6, 6.07) is 12.1. The maximum absolute atomic E-state index is 13.9. The van der Waals surface area contributed by atoms with Gasteiger partial charge in [0.05, 0.1) is 22.3 Å². The summed E-state index contributed by atoms with van der Waals surface area (Å²) in [6.45, 7) is 7.31. The highest BCUT2D eigenvalue weighted by Crippen LogP contribution is 2.50. The number of alkyl halides is 12. The fourth-order valence-electron chi connectivity index (χ4n) is 8.62. The SMILES string of the molecule is CCCC1=Cc2c(ccc(C)c2-c2cc(C(F)(F)F)cc(C(F)(F)F)c2)C1C[SiH2]CC1C(CCC)=Cc2c1ccc(C)c2-c1cc(C(F)(F)F)cc(C(F)(F)F)c1. The second kappa shape index (κ2) is 15.5. The Bertz CT molecular complexity index is 2010. The molecule has 2 unspecified atom stereocenters. The van der Waals surface area contributed by atoms with Gasteiger partial charge in [0, 0.05) is 21.4 Å². The summed E-state index contributed by atoms with van der Waals surface area (Å²) >= 11 is 0. The average molecular weight is 825 g/mol. The fourth-order valence-corrected chi connectivity index (χ4v) is 11.0. The van der Waals surface area contributed by atoms with Gasteiger partial charge in [0.1, 0.15) is 0 Å². The van der Waals surface area contributed by atoms with Gasteiger partial charge in [-0.05, 0) is 119 Å². The van der Waals surface area contributed by atoms with Crippen LogP contribution in [0.1, 0.15) is 107 Å². The van der Waals surface area contributed by atoms with Gasteiger partial charge in [-0.2, -0.15) is 52.7 Å². The Balaban J connectivity index is 1.35.